The van der Waals surface area contributed by atoms with E-state index in [1.165, 1.54) is 0 Å². The second kappa shape index (κ2) is 9.97. The molecule has 0 saturated carbocycles. The quantitative estimate of drug-likeness (QED) is 0.568. The normalized spacial score (nSPS) is 18.6. The lowest BCUT2D eigenvalue weighted by atomic mass is 10.1. The monoisotopic (exact) mass is 391 g/mol. The fourth-order valence-electron chi connectivity index (χ4n) is 3.43. The third kappa shape index (κ3) is 6.00. The Labute approximate surface area is 165 Å². The van der Waals surface area contributed by atoms with Crippen molar-refractivity contribution in [2.75, 3.05) is 71.0 Å². The predicted molar refractivity (Wildman–Crippen MR) is 105 cm³/mol. The number of carbonyl (C=O) groups excluding carboxylic acids is 2. The number of amides is 1. The Bertz CT molecular complexity index is 674. The summed E-state index contributed by atoms with van der Waals surface area (Å²) in [5.74, 6) is 0.161. The third-order valence-electron chi connectivity index (χ3n) is 4.93. The zero-order valence-corrected chi connectivity index (χ0v) is 16.7. The molecule has 8 nitrogen and oxygen atoms in total. The fourth-order valence-corrected chi connectivity index (χ4v) is 3.43. The molecule has 0 aromatic heterocycles. The summed E-state index contributed by atoms with van der Waals surface area (Å²) < 4.78 is 16.1. The summed E-state index contributed by atoms with van der Waals surface area (Å²) in [6.07, 6.45) is 0. The van der Waals surface area contributed by atoms with Crippen molar-refractivity contribution >= 4 is 17.6 Å². The lowest BCUT2D eigenvalue weighted by Gasteiger charge is -2.26. The van der Waals surface area contributed by atoms with Crippen molar-refractivity contribution in [2.24, 2.45) is 0 Å². The SMILES string of the molecule is Cc1cc(OC(=O)CN2CCOCC2)cc(C)c1NC(=O)CN1CCOCC1. The van der Waals surface area contributed by atoms with Gasteiger partial charge < -0.3 is 19.5 Å². The zero-order chi connectivity index (χ0) is 19.9. The molecule has 3 rings (SSSR count). The van der Waals surface area contributed by atoms with E-state index in [-0.39, 0.29) is 18.4 Å². The Kier molecular flexibility index (Phi) is 7.38. The average molecular weight is 391 g/mol. The number of esters is 1. The van der Waals surface area contributed by atoms with Gasteiger partial charge in [0.1, 0.15) is 5.75 Å². The lowest BCUT2D eigenvalue weighted by molar-refractivity contribution is -0.136. The van der Waals surface area contributed by atoms with Gasteiger partial charge in [-0.05, 0) is 37.1 Å². The number of nitrogens with one attached hydrogen (secondary N) is 1. The molecule has 28 heavy (non-hydrogen) atoms. The van der Waals surface area contributed by atoms with Gasteiger partial charge >= 0.3 is 5.97 Å². The van der Waals surface area contributed by atoms with Crippen molar-refractivity contribution in [1.29, 1.82) is 0 Å². The van der Waals surface area contributed by atoms with Gasteiger partial charge in [-0.25, -0.2) is 0 Å². The van der Waals surface area contributed by atoms with E-state index < -0.39 is 0 Å². The lowest BCUT2D eigenvalue weighted by Crippen LogP contribution is -2.41. The first-order chi connectivity index (χ1) is 13.5. The van der Waals surface area contributed by atoms with Crippen molar-refractivity contribution in [2.45, 2.75) is 13.8 Å². The van der Waals surface area contributed by atoms with Crippen molar-refractivity contribution in [3.63, 3.8) is 0 Å². The van der Waals surface area contributed by atoms with Crippen LogP contribution in [0.3, 0.4) is 0 Å². The molecule has 1 N–H and O–H groups in total. The van der Waals surface area contributed by atoms with Crippen LogP contribution in [0.25, 0.3) is 0 Å². The van der Waals surface area contributed by atoms with Crippen LogP contribution in [-0.2, 0) is 19.1 Å². The Hall–Kier alpha value is -2.00. The number of rotatable bonds is 6. The highest BCUT2D eigenvalue weighted by Gasteiger charge is 2.18. The molecule has 2 fully saturated rings. The summed E-state index contributed by atoms with van der Waals surface area (Å²) in [5, 5.41) is 2.99. The molecular weight excluding hydrogens is 362 g/mol. The summed E-state index contributed by atoms with van der Waals surface area (Å²) in [5.41, 5.74) is 2.50. The highest BCUT2D eigenvalue weighted by molar-refractivity contribution is 5.94. The molecule has 0 aliphatic carbocycles. The average Bonchev–Trinajstić information content (AvgIpc) is 2.66. The molecule has 2 aliphatic rings. The van der Waals surface area contributed by atoms with Gasteiger partial charge in [0, 0.05) is 31.9 Å². The molecule has 154 valence electrons. The minimum Gasteiger partial charge on any atom is -0.426 e. The number of morpholine rings is 2. The van der Waals surface area contributed by atoms with Crippen molar-refractivity contribution < 1.29 is 23.8 Å². The first-order valence-electron chi connectivity index (χ1n) is 9.73. The van der Waals surface area contributed by atoms with Crippen LogP contribution in [-0.4, -0.2) is 87.4 Å². The summed E-state index contributed by atoms with van der Waals surface area (Å²) in [4.78, 5) is 28.7. The Morgan fingerprint density at radius 2 is 1.43 bits per heavy atom. The summed E-state index contributed by atoms with van der Waals surface area (Å²) in [6.45, 7) is 10.0. The van der Waals surface area contributed by atoms with Crippen molar-refractivity contribution in [1.82, 2.24) is 9.80 Å². The van der Waals surface area contributed by atoms with Gasteiger partial charge in [0.2, 0.25) is 5.91 Å². The molecule has 2 heterocycles. The first-order valence-corrected chi connectivity index (χ1v) is 9.73. The maximum atomic E-state index is 12.4. The summed E-state index contributed by atoms with van der Waals surface area (Å²) in [7, 11) is 0. The van der Waals surface area contributed by atoms with Gasteiger partial charge in [-0.2, -0.15) is 0 Å². The van der Waals surface area contributed by atoms with Gasteiger partial charge in [-0.15, -0.1) is 0 Å². The van der Waals surface area contributed by atoms with Crippen LogP contribution >= 0.6 is 0 Å². The number of nitrogens with zero attached hydrogens (tertiary/aromatic N) is 2. The maximum absolute atomic E-state index is 12.4. The van der Waals surface area contributed by atoms with Gasteiger partial charge in [0.05, 0.1) is 39.5 Å². The predicted octanol–water partition coefficient (Wildman–Crippen LogP) is 0.812. The zero-order valence-electron chi connectivity index (χ0n) is 16.7. The molecule has 2 aliphatic heterocycles. The van der Waals surface area contributed by atoms with Crippen LogP contribution < -0.4 is 10.1 Å². The topological polar surface area (TPSA) is 80.3 Å². The number of aryl methyl sites for hydroxylation is 2. The van der Waals surface area contributed by atoms with Gasteiger partial charge in [-0.1, -0.05) is 0 Å². The minimum atomic E-state index is -0.287. The number of hydrogen-bond acceptors (Lipinski definition) is 7. The molecule has 0 bridgehead atoms. The number of hydrogen-bond donors (Lipinski definition) is 1. The Morgan fingerprint density at radius 1 is 0.929 bits per heavy atom. The highest BCUT2D eigenvalue weighted by atomic mass is 16.5. The van der Waals surface area contributed by atoms with Gasteiger partial charge in [-0.3, -0.25) is 19.4 Å². The van der Waals surface area contributed by atoms with E-state index in [4.69, 9.17) is 14.2 Å². The first kappa shape index (κ1) is 20.7. The molecule has 1 aromatic rings. The molecule has 0 radical (unpaired) electrons. The molecule has 8 heteroatoms. The van der Waals surface area contributed by atoms with E-state index >= 15 is 0 Å². The van der Waals surface area contributed by atoms with Crippen molar-refractivity contribution in [3.8, 4) is 5.75 Å². The van der Waals surface area contributed by atoms with Crippen molar-refractivity contribution in [3.05, 3.63) is 23.3 Å². The van der Waals surface area contributed by atoms with Crippen LogP contribution in [0.2, 0.25) is 0 Å². The molecule has 0 unspecified atom stereocenters. The van der Waals surface area contributed by atoms with Crippen LogP contribution in [0, 0.1) is 13.8 Å². The van der Waals surface area contributed by atoms with E-state index in [9.17, 15) is 9.59 Å². The number of benzene rings is 1. The molecule has 0 spiro atoms. The van der Waals surface area contributed by atoms with Gasteiger partial charge in [0.25, 0.3) is 0 Å². The summed E-state index contributed by atoms with van der Waals surface area (Å²) in [6, 6.07) is 3.57. The van der Waals surface area contributed by atoms with E-state index in [2.05, 4.69) is 10.2 Å². The highest BCUT2D eigenvalue weighted by Crippen LogP contribution is 2.26. The molecule has 1 aromatic carbocycles. The molecule has 2 saturated heterocycles. The van der Waals surface area contributed by atoms with Crippen LogP contribution in [0.1, 0.15) is 11.1 Å². The Morgan fingerprint density at radius 3 is 1.96 bits per heavy atom. The molecule has 1 amide bonds. The number of anilines is 1. The smallest absolute Gasteiger partial charge is 0.325 e. The minimum absolute atomic E-state index is 0.0508. The Balaban J connectivity index is 1.55. The van der Waals surface area contributed by atoms with Crippen LogP contribution in [0.15, 0.2) is 12.1 Å². The van der Waals surface area contributed by atoms with E-state index in [0.29, 0.717) is 38.7 Å². The second-order valence-corrected chi connectivity index (χ2v) is 7.23. The second-order valence-electron chi connectivity index (χ2n) is 7.23. The fraction of sp³-hybridized carbons (Fsp3) is 0.600. The standard InChI is InChI=1S/C20H29N3O5/c1-15-11-17(28-19(25)14-23-5-9-27-10-6-23)12-16(2)20(15)21-18(24)13-22-3-7-26-8-4-22/h11-12H,3-10,13-14H2,1-2H3,(H,21,24). The van der Waals surface area contributed by atoms with Gasteiger partial charge in [0.15, 0.2) is 0 Å². The number of carbonyl (C=O) groups is 2. The maximum Gasteiger partial charge on any atom is 0.325 e. The van der Waals surface area contributed by atoms with E-state index in [1.807, 2.05) is 18.7 Å². The van der Waals surface area contributed by atoms with E-state index in [0.717, 1.165) is 43.0 Å². The van der Waals surface area contributed by atoms with E-state index in [1.54, 1.807) is 12.1 Å². The van der Waals surface area contributed by atoms with Crippen LogP contribution in [0.4, 0.5) is 5.69 Å². The van der Waals surface area contributed by atoms with Crippen LogP contribution in [0.5, 0.6) is 5.75 Å². The third-order valence-corrected chi connectivity index (χ3v) is 4.93. The summed E-state index contributed by atoms with van der Waals surface area (Å²) >= 11 is 0. The number of ether oxygens (including phenoxy) is 3. The molecular formula is C20H29N3O5. The largest absolute Gasteiger partial charge is 0.426 e. The molecule has 0 atom stereocenters.